The molecule has 80 valence electrons. The normalized spacial score (nSPS) is 25.7. The highest BCUT2D eigenvalue weighted by molar-refractivity contribution is 5.58. The highest BCUT2D eigenvalue weighted by Gasteiger charge is 2.26. The minimum Gasteiger partial charge on any atom is -0.241 e. The number of hydrogen-bond donors (Lipinski definition) is 0. The van der Waals surface area contributed by atoms with E-state index in [2.05, 4.69) is 44.1 Å². The van der Waals surface area contributed by atoms with E-state index in [1.165, 1.54) is 5.70 Å². The molecule has 0 aliphatic heterocycles. The van der Waals surface area contributed by atoms with Crippen LogP contribution in [-0.4, -0.2) is 9.78 Å². The van der Waals surface area contributed by atoms with E-state index in [9.17, 15) is 0 Å². The molecule has 0 spiro atoms. The van der Waals surface area contributed by atoms with Gasteiger partial charge >= 0.3 is 0 Å². The summed E-state index contributed by atoms with van der Waals surface area (Å²) in [5, 5.41) is 4.23. The van der Waals surface area contributed by atoms with Crippen molar-refractivity contribution in [2.24, 2.45) is 11.3 Å². The van der Waals surface area contributed by atoms with Gasteiger partial charge in [-0.15, -0.1) is 0 Å². The topological polar surface area (TPSA) is 17.8 Å². The zero-order valence-electron chi connectivity index (χ0n) is 9.64. The summed E-state index contributed by atoms with van der Waals surface area (Å²) in [6.45, 7) is 6.86. The smallest absolute Gasteiger partial charge is 0.0603 e. The third-order valence-electron chi connectivity index (χ3n) is 3.47. The van der Waals surface area contributed by atoms with E-state index in [-0.39, 0.29) is 0 Å². The fraction of sp³-hybridized carbons (Fsp3) is 0.462. The number of allylic oxidation sites excluding steroid dienone is 4. The average Bonchev–Trinajstić information content (AvgIpc) is 2.72. The molecule has 0 saturated heterocycles. The molecule has 1 aliphatic carbocycles. The average molecular weight is 202 g/mol. The maximum Gasteiger partial charge on any atom is 0.0603 e. The van der Waals surface area contributed by atoms with Crippen LogP contribution in [0.5, 0.6) is 0 Å². The van der Waals surface area contributed by atoms with Crippen molar-refractivity contribution in [2.75, 3.05) is 0 Å². The quantitative estimate of drug-likeness (QED) is 0.719. The van der Waals surface area contributed by atoms with Gasteiger partial charge in [-0.1, -0.05) is 32.9 Å². The van der Waals surface area contributed by atoms with Gasteiger partial charge < -0.3 is 0 Å². The molecule has 0 saturated carbocycles. The van der Waals surface area contributed by atoms with Crippen LogP contribution in [-0.2, 0) is 0 Å². The van der Waals surface area contributed by atoms with Crippen LogP contribution in [0.4, 0.5) is 0 Å². The molecule has 15 heavy (non-hydrogen) atoms. The van der Waals surface area contributed by atoms with E-state index in [1.807, 2.05) is 23.1 Å². The molecule has 1 atom stereocenters. The maximum atomic E-state index is 4.23. The van der Waals surface area contributed by atoms with E-state index >= 15 is 0 Å². The molecule has 1 heterocycles. The molecular formula is C13H18N2. The van der Waals surface area contributed by atoms with Gasteiger partial charge in [0, 0.05) is 12.4 Å². The highest BCUT2D eigenvalue weighted by Crippen LogP contribution is 2.37. The molecule has 0 amide bonds. The zero-order valence-corrected chi connectivity index (χ0v) is 9.64. The first-order chi connectivity index (χ1) is 7.12. The van der Waals surface area contributed by atoms with E-state index < -0.39 is 0 Å². The summed E-state index contributed by atoms with van der Waals surface area (Å²) in [7, 11) is 0. The molecule has 1 aromatic rings. The van der Waals surface area contributed by atoms with Gasteiger partial charge in [0.15, 0.2) is 0 Å². The number of rotatable bonds is 2. The van der Waals surface area contributed by atoms with Crippen molar-refractivity contribution in [3.05, 3.63) is 36.7 Å². The van der Waals surface area contributed by atoms with Gasteiger partial charge in [0.1, 0.15) is 0 Å². The fourth-order valence-electron chi connectivity index (χ4n) is 1.76. The Bertz CT molecular complexity index is 385. The monoisotopic (exact) mass is 202 g/mol. The van der Waals surface area contributed by atoms with Crippen molar-refractivity contribution in [2.45, 2.75) is 27.2 Å². The van der Waals surface area contributed by atoms with Crippen molar-refractivity contribution in [3.63, 3.8) is 0 Å². The first kappa shape index (κ1) is 10.2. The first-order valence-electron chi connectivity index (χ1n) is 5.51. The van der Waals surface area contributed by atoms with Crippen LogP contribution < -0.4 is 0 Å². The molecule has 0 radical (unpaired) electrons. The Morgan fingerprint density at radius 3 is 2.73 bits per heavy atom. The van der Waals surface area contributed by atoms with Gasteiger partial charge in [0.2, 0.25) is 0 Å². The lowest BCUT2D eigenvalue weighted by Gasteiger charge is -2.32. The second kappa shape index (κ2) is 3.69. The van der Waals surface area contributed by atoms with E-state index in [4.69, 9.17) is 0 Å². The van der Waals surface area contributed by atoms with Crippen LogP contribution in [0.15, 0.2) is 36.7 Å². The first-order valence-corrected chi connectivity index (χ1v) is 5.51. The summed E-state index contributed by atoms with van der Waals surface area (Å²) in [5.41, 5.74) is 1.48. The molecule has 0 fully saturated rings. The predicted molar refractivity (Wildman–Crippen MR) is 63.2 cm³/mol. The van der Waals surface area contributed by atoms with E-state index in [0.29, 0.717) is 11.3 Å². The van der Waals surface area contributed by atoms with Crippen molar-refractivity contribution in [3.8, 4) is 0 Å². The molecule has 2 nitrogen and oxygen atoms in total. The molecular weight excluding hydrogens is 184 g/mol. The minimum absolute atomic E-state index is 0.302. The lowest BCUT2D eigenvalue weighted by atomic mass is 9.74. The van der Waals surface area contributed by atoms with E-state index in [1.54, 1.807) is 0 Å². The van der Waals surface area contributed by atoms with Gasteiger partial charge in [0.25, 0.3) is 0 Å². The van der Waals surface area contributed by atoms with Crippen molar-refractivity contribution in [1.82, 2.24) is 9.78 Å². The van der Waals surface area contributed by atoms with Crippen LogP contribution in [0.3, 0.4) is 0 Å². The van der Waals surface area contributed by atoms with E-state index in [0.717, 1.165) is 6.42 Å². The number of aromatic nitrogens is 2. The molecule has 2 heteroatoms. The highest BCUT2D eigenvalue weighted by atomic mass is 15.3. The van der Waals surface area contributed by atoms with Gasteiger partial charge in [0.05, 0.1) is 5.70 Å². The van der Waals surface area contributed by atoms with Crippen LogP contribution in [0.1, 0.15) is 27.2 Å². The van der Waals surface area contributed by atoms with Crippen LogP contribution in [0.2, 0.25) is 0 Å². The second-order valence-electron chi connectivity index (χ2n) is 4.78. The molecule has 0 N–H and O–H groups in total. The van der Waals surface area contributed by atoms with Crippen molar-refractivity contribution < 1.29 is 0 Å². The third kappa shape index (κ3) is 1.89. The van der Waals surface area contributed by atoms with Crippen molar-refractivity contribution in [1.29, 1.82) is 0 Å². The van der Waals surface area contributed by atoms with Gasteiger partial charge in [-0.2, -0.15) is 5.10 Å². The summed E-state index contributed by atoms with van der Waals surface area (Å²) >= 11 is 0. The van der Waals surface area contributed by atoms with Crippen molar-refractivity contribution >= 4 is 5.70 Å². The Hall–Kier alpha value is -1.31. The molecule has 1 aromatic heterocycles. The zero-order chi connectivity index (χ0) is 10.9. The minimum atomic E-state index is 0.302. The van der Waals surface area contributed by atoms with Crippen LogP contribution >= 0.6 is 0 Å². The molecule has 2 rings (SSSR count). The van der Waals surface area contributed by atoms with Gasteiger partial charge in [-0.3, -0.25) is 0 Å². The maximum absolute atomic E-state index is 4.23. The summed E-state index contributed by atoms with van der Waals surface area (Å²) in [4.78, 5) is 0. The van der Waals surface area contributed by atoms with Gasteiger partial charge in [-0.25, -0.2) is 4.68 Å². The molecule has 0 aromatic carbocycles. The van der Waals surface area contributed by atoms with Gasteiger partial charge in [-0.05, 0) is 29.9 Å². The summed E-state index contributed by atoms with van der Waals surface area (Å²) in [6, 6.07) is 1.95. The summed E-state index contributed by atoms with van der Waals surface area (Å²) in [5.74, 6) is 0.671. The lowest BCUT2D eigenvalue weighted by molar-refractivity contribution is 0.299. The summed E-state index contributed by atoms with van der Waals surface area (Å²) < 4.78 is 1.91. The second-order valence-corrected chi connectivity index (χ2v) is 4.78. The molecule has 1 aliphatic rings. The SMILES string of the molecule is CC(C)C1(C)C=CC(n2cccn2)=CC1. The molecule has 1 unspecified atom stereocenters. The standard InChI is InChI=1S/C13H18N2/c1-11(2)13(3)7-5-12(6-8-13)15-10-4-9-14-15/h4-7,9-11H,8H2,1-3H3. The Balaban J connectivity index is 2.18. The third-order valence-corrected chi connectivity index (χ3v) is 3.47. The number of hydrogen-bond acceptors (Lipinski definition) is 1. The molecule has 0 bridgehead atoms. The largest absolute Gasteiger partial charge is 0.241 e. The Labute approximate surface area is 91.3 Å². The fourth-order valence-corrected chi connectivity index (χ4v) is 1.76. The predicted octanol–water partition coefficient (Wildman–Crippen LogP) is 3.35. The lowest BCUT2D eigenvalue weighted by Crippen LogP contribution is -2.22. The summed E-state index contributed by atoms with van der Waals surface area (Å²) in [6.07, 6.45) is 11.6. The Kier molecular flexibility index (Phi) is 2.51. The number of nitrogens with zero attached hydrogens (tertiary/aromatic N) is 2. The Morgan fingerprint density at radius 2 is 2.27 bits per heavy atom. The van der Waals surface area contributed by atoms with Crippen LogP contribution in [0.25, 0.3) is 5.70 Å². The Morgan fingerprint density at radius 1 is 1.47 bits per heavy atom. The van der Waals surface area contributed by atoms with Crippen LogP contribution in [0, 0.1) is 11.3 Å².